The van der Waals surface area contributed by atoms with E-state index in [4.69, 9.17) is 26.3 Å². The second kappa shape index (κ2) is 13.2. The molecule has 2 aliphatic carbocycles. The predicted molar refractivity (Wildman–Crippen MR) is 166 cm³/mol. The van der Waals surface area contributed by atoms with Gasteiger partial charge in [0.05, 0.1) is 18.0 Å². The van der Waals surface area contributed by atoms with Gasteiger partial charge in [-0.2, -0.15) is 0 Å². The molecule has 230 valence electrons. The van der Waals surface area contributed by atoms with Crippen LogP contribution in [0.5, 0.6) is 0 Å². The molecule has 43 heavy (non-hydrogen) atoms. The standard InChI is InChI=1S/C32H39ClN4O5S/c1-4-6-11-29(34)37(32(38)24-16-22-15-23(22)17-24)18-21-12-13-26(25(14-21)19-41-5-2)27-9-7-8-10-28(27)43(39,40)36-31-30(33)20(3)42-35-31/h7-10,12-14,22-24,34H,4-6,11,15-19H2,1-3H3,(H,35,36)/t22-,23?,24?/m1/s1. The number of aromatic nitrogens is 1. The van der Waals surface area contributed by atoms with E-state index in [2.05, 4.69) is 16.8 Å². The molecule has 0 saturated heterocycles. The first-order chi connectivity index (χ1) is 20.6. The lowest BCUT2D eigenvalue weighted by Crippen LogP contribution is -2.39. The van der Waals surface area contributed by atoms with Gasteiger partial charge in [0.25, 0.3) is 10.0 Å². The van der Waals surface area contributed by atoms with Gasteiger partial charge in [-0.15, -0.1) is 0 Å². The number of sulfonamides is 1. The number of hydrogen-bond donors (Lipinski definition) is 2. The highest BCUT2D eigenvalue weighted by Crippen LogP contribution is 2.54. The molecule has 3 aromatic rings. The quantitative estimate of drug-likeness (QED) is 0.153. The zero-order valence-electron chi connectivity index (χ0n) is 24.9. The third-order valence-electron chi connectivity index (χ3n) is 8.41. The van der Waals surface area contributed by atoms with E-state index in [1.807, 2.05) is 25.1 Å². The summed E-state index contributed by atoms with van der Waals surface area (Å²) >= 11 is 6.18. The summed E-state index contributed by atoms with van der Waals surface area (Å²) in [6.45, 7) is 6.60. The molecule has 0 bridgehead atoms. The van der Waals surface area contributed by atoms with E-state index < -0.39 is 10.0 Å². The van der Waals surface area contributed by atoms with Crippen LogP contribution in [0.2, 0.25) is 5.02 Å². The monoisotopic (exact) mass is 626 g/mol. The summed E-state index contributed by atoms with van der Waals surface area (Å²) in [4.78, 5) is 15.4. The Hall–Kier alpha value is -3.21. The van der Waals surface area contributed by atoms with Gasteiger partial charge in [0.1, 0.15) is 10.9 Å². The second-order valence-electron chi connectivity index (χ2n) is 11.5. The second-order valence-corrected chi connectivity index (χ2v) is 13.6. The number of halogens is 1. The predicted octanol–water partition coefficient (Wildman–Crippen LogP) is 7.18. The third-order valence-corrected chi connectivity index (χ3v) is 10.3. The van der Waals surface area contributed by atoms with Gasteiger partial charge >= 0.3 is 0 Å². The van der Waals surface area contributed by atoms with Gasteiger partial charge in [-0.25, -0.2) is 8.42 Å². The number of fused-ring (bicyclic) bond motifs is 1. The van der Waals surface area contributed by atoms with E-state index >= 15 is 0 Å². The van der Waals surface area contributed by atoms with Crippen molar-refractivity contribution in [1.82, 2.24) is 10.1 Å². The Balaban J connectivity index is 1.47. The molecule has 2 saturated carbocycles. The van der Waals surface area contributed by atoms with Gasteiger partial charge < -0.3 is 9.26 Å². The number of unbranched alkanes of at least 4 members (excludes halogenated alkanes) is 1. The molecule has 1 heterocycles. The van der Waals surface area contributed by atoms with Crippen LogP contribution in [0.15, 0.2) is 51.9 Å². The summed E-state index contributed by atoms with van der Waals surface area (Å²) in [5.41, 5.74) is 2.82. The highest BCUT2D eigenvalue weighted by molar-refractivity contribution is 7.92. The van der Waals surface area contributed by atoms with Crippen molar-refractivity contribution in [2.24, 2.45) is 17.8 Å². The lowest BCUT2D eigenvalue weighted by Gasteiger charge is -2.27. The first-order valence-electron chi connectivity index (χ1n) is 14.9. The fraction of sp³-hybridized carbons (Fsp3) is 0.469. The average molecular weight is 627 g/mol. The lowest BCUT2D eigenvalue weighted by atomic mass is 9.96. The van der Waals surface area contributed by atoms with Gasteiger partial charge in [-0.05, 0) is 74.1 Å². The molecule has 11 heteroatoms. The number of nitrogens with zero attached hydrogens (tertiary/aromatic N) is 2. The molecule has 1 amide bonds. The van der Waals surface area contributed by atoms with Crippen LogP contribution in [-0.4, -0.2) is 36.8 Å². The van der Waals surface area contributed by atoms with Crippen LogP contribution in [0, 0.1) is 30.1 Å². The minimum absolute atomic E-state index is 0.0144. The Morgan fingerprint density at radius 3 is 2.56 bits per heavy atom. The van der Waals surface area contributed by atoms with Crippen molar-refractivity contribution in [2.45, 2.75) is 77.3 Å². The first kappa shape index (κ1) is 31.2. The molecule has 2 fully saturated rings. The van der Waals surface area contributed by atoms with Crippen LogP contribution in [0.25, 0.3) is 11.1 Å². The maximum Gasteiger partial charge on any atom is 0.263 e. The number of carbonyl (C=O) groups excluding carboxylic acids is 1. The van der Waals surface area contributed by atoms with Crippen molar-refractivity contribution in [3.8, 4) is 11.1 Å². The van der Waals surface area contributed by atoms with Gasteiger partial charge in [-0.1, -0.05) is 66.5 Å². The highest BCUT2D eigenvalue weighted by Gasteiger charge is 2.49. The van der Waals surface area contributed by atoms with E-state index in [-0.39, 0.29) is 40.7 Å². The number of carbonyl (C=O) groups is 1. The Labute approximate surface area is 258 Å². The molecule has 0 spiro atoms. The Morgan fingerprint density at radius 1 is 1.14 bits per heavy atom. The first-order valence-corrected chi connectivity index (χ1v) is 16.8. The van der Waals surface area contributed by atoms with Crippen LogP contribution in [0.4, 0.5) is 5.82 Å². The molecule has 5 rings (SSSR count). The van der Waals surface area contributed by atoms with Crippen molar-refractivity contribution in [2.75, 3.05) is 11.3 Å². The topological polar surface area (TPSA) is 126 Å². The Bertz CT molecular complexity index is 1590. The van der Waals surface area contributed by atoms with E-state index in [9.17, 15) is 13.2 Å². The molecular weight excluding hydrogens is 588 g/mol. The van der Waals surface area contributed by atoms with Crippen LogP contribution < -0.4 is 4.72 Å². The smallest absolute Gasteiger partial charge is 0.263 e. The number of anilines is 1. The molecule has 2 aliphatic rings. The number of amides is 1. The summed E-state index contributed by atoms with van der Waals surface area (Å²) in [6, 6.07) is 12.4. The van der Waals surface area contributed by atoms with E-state index in [1.54, 1.807) is 30.0 Å². The van der Waals surface area contributed by atoms with Crippen LogP contribution >= 0.6 is 11.6 Å². The van der Waals surface area contributed by atoms with Gasteiger partial charge in [0.15, 0.2) is 5.76 Å². The van der Waals surface area contributed by atoms with Crippen molar-refractivity contribution >= 4 is 39.2 Å². The molecule has 9 nitrogen and oxygen atoms in total. The number of benzene rings is 2. The van der Waals surface area contributed by atoms with E-state index in [1.165, 1.54) is 12.5 Å². The zero-order valence-corrected chi connectivity index (χ0v) is 26.4. The van der Waals surface area contributed by atoms with E-state index in [0.717, 1.165) is 36.8 Å². The molecule has 3 atom stereocenters. The van der Waals surface area contributed by atoms with E-state index in [0.29, 0.717) is 47.6 Å². The van der Waals surface area contributed by atoms with Crippen LogP contribution in [0.3, 0.4) is 0 Å². The highest BCUT2D eigenvalue weighted by atomic mass is 35.5. The fourth-order valence-electron chi connectivity index (χ4n) is 5.97. The SMILES string of the molecule is CCCCC(=N)N(Cc1ccc(-c2ccccc2S(=O)(=O)Nc2noc(C)c2Cl)c(COCC)c1)C(=O)C1CC2C[C@@H]2C1. The van der Waals surface area contributed by atoms with Crippen molar-refractivity contribution in [3.05, 3.63) is 64.4 Å². The zero-order chi connectivity index (χ0) is 30.7. The molecule has 1 aromatic heterocycles. The molecule has 0 aliphatic heterocycles. The minimum atomic E-state index is -4.09. The summed E-state index contributed by atoms with van der Waals surface area (Å²) < 4.78 is 40.3. The van der Waals surface area contributed by atoms with Gasteiger partial charge in [0.2, 0.25) is 11.7 Å². The molecule has 2 unspecified atom stereocenters. The van der Waals surface area contributed by atoms with Crippen molar-refractivity contribution < 1.29 is 22.5 Å². The lowest BCUT2D eigenvalue weighted by molar-refractivity contribution is -0.132. The number of rotatable bonds is 13. The van der Waals surface area contributed by atoms with Crippen LogP contribution in [0.1, 0.15) is 69.3 Å². The van der Waals surface area contributed by atoms with Gasteiger partial charge in [0, 0.05) is 24.5 Å². The number of aryl methyl sites for hydroxylation is 1. The molecule has 2 aromatic carbocycles. The maximum atomic E-state index is 13.7. The largest absolute Gasteiger partial charge is 0.377 e. The van der Waals surface area contributed by atoms with Crippen molar-refractivity contribution in [1.29, 1.82) is 5.41 Å². The Morgan fingerprint density at radius 2 is 1.88 bits per heavy atom. The summed E-state index contributed by atoms with van der Waals surface area (Å²) in [7, 11) is -4.09. The van der Waals surface area contributed by atoms with Crippen LogP contribution in [-0.2, 0) is 32.7 Å². The molecular formula is C32H39ClN4O5S. The summed E-state index contributed by atoms with van der Waals surface area (Å²) in [5.74, 6) is 1.97. The Kier molecular flexibility index (Phi) is 9.58. The molecule has 0 radical (unpaired) electrons. The minimum Gasteiger partial charge on any atom is -0.377 e. The molecule has 2 N–H and O–H groups in total. The summed E-state index contributed by atoms with van der Waals surface area (Å²) in [5, 5.41) is 12.6. The number of hydrogen-bond acceptors (Lipinski definition) is 7. The maximum absolute atomic E-state index is 13.7. The fourth-order valence-corrected chi connectivity index (χ4v) is 7.38. The van der Waals surface area contributed by atoms with Gasteiger partial charge in [-0.3, -0.25) is 19.8 Å². The van der Waals surface area contributed by atoms with Crippen molar-refractivity contribution in [3.63, 3.8) is 0 Å². The number of ether oxygens (including phenoxy) is 1. The normalized spacial score (nSPS) is 19.2. The average Bonchev–Trinajstić information content (AvgIpc) is 3.49. The summed E-state index contributed by atoms with van der Waals surface area (Å²) in [6.07, 6.45) is 5.44. The third kappa shape index (κ3) is 6.97. The number of nitrogens with one attached hydrogen (secondary N) is 2. The number of amidine groups is 1.